The summed E-state index contributed by atoms with van der Waals surface area (Å²) in [5.41, 5.74) is 17.4. The second kappa shape index (κ2) is 61.9. The molecule has 14 nitrogen and oxygen atoms in total. The molecular weight excluding hydrogens is 1650 g/mol. The molecule has 14 N–H and O–H groups in total. The van der Waals surface area contributed by atoms with Gasteiger partial charge >= 0.3 is 0 Å². The minimum atomic E-state index is 0.298. The maximum absolute atomic E-state index is 9.22. The summed E-state index contributed by atoms with van der Waals surface area (Å²) in [4.78, 5) is 0. The van der Waals surface area contributed by atoms with Crippen molar-refractivity contribution in [2.75, 3.05) is 0 Å². The lowest BCUT2D eigenvalue weighted by Gasteiger charge is -2.04. The smallest absolute Gasteiger partial charge is 0.115 e. The minimum Gasteiger partial charge on any atom is -0.508 e. The number of rotatable bonds is 39. The van der Waals surface area contributed by atoms with Gasteiger partial charge in [0, 0.05) is 0 Å². The fourth-order valence-corrected chi connectivity index (χ4v) is 14.3. The van der Waals surface area contributed by atoms with Crippen molar-refractivity contribution < 1.29 is 71.5 Å². The Labute approximate surface area is 787 Å². The van der Waals surface area contributed by atoms with Crippen LogP contribution in [0.15, 0.2) is 376 Å². The molecule has 0 aliphatic heterocycles. The Kier molecular flexibility index (Phi) is 48.3. The van der Waals surface area contributed by atoms with Crippen LogP contribution < -0.4 is 0 Å². The van der Waals surface area contributed by atoms with Crippen molar-refractivity contribution in [1.82, 2.24) is 0 Å². The van der Waals surface area contributed by atoms with Gasteiger partial charge in [-0.25, -0.2) is 0 Å². The number of benzene rings is 14. The zero-order chi connectivity index (χ0) is 94.5. The molecule has 14 heteroatoms. The van der Waals surface area contributed by atoms with E-state index in [1.165, 1.54) is 155 Å². The first-order chi connectivity index (χ1) is 64.7. The van der Waals surface area contributed by atoms with Crippen LogP contribution in [0.5, 0.6) is 80.5 Å². The first-order valence-corrected chi connectivity index (χ1v) is 46.5. The van der Waals surface area contributed by atoms with Gasteiger partial charge in [-0.15, -0.1) is 0 Å². The summed E-state index contributed by atoms with van der Waals surface area (Å²) in [5.74, 6) is 4.47. The molecule has 14 rings (SSSR count). The Bertz CT molecular complexity index is 5130. The molecule has 0 atom stereocenters. The van der Waals surface area contributed by atoms with Gasteiger partial charge in [-0.3, -0.25) is 0 Å². The standard InChI is InChI=1S/C19H24O2.C18H22O2.C18H18O2.C17H20O2.C16H18O2.C16H16O2.C15H16O2/c20-18-12-8-16(9-13-18)6-4-2-1-3-5-7-17-10-14-19(21)15-11-17;2*19-17-11-7-15(8-12-17)5-3-1-2-4-6-16-9-13-18(20)14-10-16;18-16-10-6-14(7-11-16)4-2-1-3-5-15-8-12-17(19)13-9-15;2*17-15-9-5-13(6-10-15)3-1-2-4-14-7-11-16(18)12-8-14;16-14-8-4-12(5-9-14)2-1-3-13-6-10-15(17)11-7-13/h8-15,20-21H,1-7H2;7-14,19-20H,1-6H2;1-4,7-14,19-20H,5-6H2;6-13,18-19H,1-5H2;5-12,17-18H,1-4H2;1-2,5-12,17-18H,3-4H2;4-11,16-17H,1-3H2/b;;3-1+,4-2+;;;2-1+;. The van der Waals surface area contributed by atoms with Gasteiger partial charge in [0.1, 0.15) is 80.5 Å². The van der Waals surface area contributed by atoms with E-state index in [0.717, 1.165) is 109 Å². The predicted molar refractivity (Wildman–Crippen MR) is 542 cm³/mol. The Morgan fingerprint density at radius 2 is 0.203 bits per heavy atom. The molecule has 0 fully saturated rings. The van der Waals surface area contributed by atoms with Crippen molar-refractivity contribution in [2.24, 2.45) is 0 Å². The van der Waals surface area contributed by atoms with Gasteiger partial charge in [-0.05, 0) is 395 Å². The van der Waals surface area contributed by atoms with Gasteiger partial charge in [0.25, 0.3) is 0 Å². The number of aryl methyl sites for hydroxylation is 10. The quantitative estimate of drug-likeness (QED) is 0.00969. The van der Waals surface area contributed by atoms with Crippen LogP contribution in [0.25, 0.3) is 0 Å². The topological polar surface area (TPSA) is 283 Å². The largest absolute Gasteiger partial charge is 0.508 e. The summed E-state index contributed by atoms with van der Waals surface area (Å²) in [7, 11) is 0. The van der Waals surface area contributed by atoms with Gasteiger partial charge in [0.05, 0.1) is 0 Å². The van der Waals surface area contributed by atoms with E-state index in [2.05, 4.69) is 24.3 Å². The normalized spacial score (nSPS) is 10.7. The second-order valence-corrected chi connectivity index (χ2v) is 33.3. The molecule has 0 aliphatic rings. The molecule has 0 unspecified atom stereocenters. The van der Waals surface area contributed by atoms with Crippen molar-refractivity contribution >= 4 is 0 Å². The zero-order valence-electron chi connectivity index (χ0n) is 76.6. The molecule has 133 heavy (non-hydrogen) atoms. The Morgan fingerprint density at radius 3 is 0.346 bits per heavy atom. The van der Waals surface area contributed by atoms with E-state index in [4.69, 9.17) is 20.4 Å². The maximum Gasteiger partial charge on any atom is 0.115 e. The third-order valence-corrected chi connectivity index (χ3v) is 22.2. The van der Waals surface area contributed by atoms with Crippen molar-refractivity contribution in [3.63, 3.8) is 0 Å². The summed E-state index contributed by atoms with van der Waals surface area (Å²) in [6.45, 7) is 0. The number of unbranched alkanes of at least 4 members (excludes halogenated alkanes) is 10. The first-order valence-electron chi connectivity index (χ1n) is 46.5. The summed E-state index contributed by atoms with van der Waals surface area (Å²) in [5, 5.41) is 129. The summed E-state index contributed by atoms with van der Waals surface area (Å²) >= 11 is 0. The lowest BCUT2D eigenvalue weighted by atomic mass is 10.0. The molecule has 0 saturated carbocycles. The van der Waals surface area contributed by atoms with Gasteiger partial charge in [0.2, 0.25) is 0 Å². The van der Waals surface area contributed by atoms with Gasteiger partial charge in [-0.2, -0.15) is 0 Å². The van der Waals surface area contributed by atoms with Crippen molar-refractivity contribution in [2.45, 2.75) is 186 Å². The van der Waals surface area contributed by atoms with Crippen LogP contribution in [0.2, 0.25) is 0 Å². The van der Waals surface area contributed by atoms with E-state index in [-0.39, 0.29) is 0 Å². The molecule has 14 aromatic rings. The molecule has 0 aromatic heterocycles. The number of phenols is 14. The third-order valence-electron chi connectivity index (χ3n) is 22.2. The van der Waals surface area contributed by atoms with E-state index in [1.807, 2.05) is 182 Å². The monoisotopic (exact) mass is 1790 g/mol. The number of hydrogen-bond donors (Lipinski definition) is 14. The fourth-order valence-electron chi connectivity index (χ4n) is 14.3. The summed E-state index contributed by atoms with van der Waals surface area (Å²) in [6.07, 6.45) is 44.4. The number of allylic oxidation sites excluding steroid dienone is 6. The molecule has 0 aliphatic carbocycles. The van der Waals surface area contributed by atoms with E-state index >= 15 is 0 Å². The summed E-state index contributed by atoms with van der Waals surface area (Å²) < 4.78 is 0. The number of aromatic hydroxyl groups is 14. The van der Waals surface area contributed by atoms with Gasteiger partial charge < -0.3 is 71.5 Å². The molecule has 0 spiro atoms. The van der Waals surface area contributed by atoms with Crippen LogP contribution in [-0.2, 0) is 89.9 Å². The van der Waals surface area contributed by atoms with Crippen molar-refractivity contribution in [3.05, 3.63) is 454 Å². The number of phenolic OH excluding ortho intramolecular Hbond substituents is 14. The molecule has 0 heterocycles. The van der Waals surface area contributed by atoms with E-state index < -0.39 is 0 Å². The van der Waals surface area contributed by atoms with Crippen LogP contribution in [0.4, 0.5) is 0 Å². The maximum atomic E-state index is 9.22. The second-order valence-electron chi connectivity index (χ2n) is 33.3. The van der Waals surface area contributed by atoms with Gasteiger partial charge in [-0.1, -0.05) is 245 Å². The highest BCUT2D eigenvalue weighted by molar-refractivity contribution is 5.37. The first kappa shape index (κ1) is 104. The lowest BCUT2D eigenvalue weighted by Crippen LogP contribution is -1.89. The van der Waals surface area contributed by atoms with E-state index in [0.29, 0.717) is 80.5 Å². The molecule has 14 aromatic carbocycles. The lowest BCUT2D eigenvalue weighted by molar-refractivity contribution is 0.474. The van der Waals surface area contributed by atoms with E-state index in [9.17, 15) is 51.1 Å². The van der Waals surface area contributed by atoms with Crippen LogP contribution in [0.1, 0.15) is 174 Å². The minimum absolute atomic E-state index is 0.298. The van der Waals surface area contributed by atoms with E-state index in [1.54, 1.807) is 170 Å². The van der Waals surface area contributed by atoms with Crippen LogP contribution >= 0.6 is 0 Å². The Morgan fingerprint density at radius 1 is 0.105 bits per heavy atom. The third kappa shape index (κ3) is 47.6. The van der Waals surface area contributed by atoms with Crippen molar-refractivity contribution in [3.8, 4) is 80.5 Å². The Hall–Kier alpha value is -14.5. The highest BCUT2D eigenvalue weighted by atomic mass is 16.3. The Balaban J connectivity index is 0.000000191. The highest BCUT2D eigenvalue weighted by Crippen LogP contribution is 2.25. The van der Waals surface area contributed by atoms with Crippen LogP contribution in [0, 0.1) is 0 Å². The van der Waals surface area contributed by atoms with Crippen molar-refractivity contribution in [1.29, 1.82) is 0 Å². The SMILES string of the molecule is Oc1ccc(C/C=C/C=C/Cc2ccc(O)cc2)cc1.Oc1ccc(C/C=C/Cc2ccc(O)cc2)cc1.Oc1ccc(CCCCCCCc2ccc(O)cc2)cc1.Oc1ccc(CCCCCCc2ccc(O)cc2)cc1.Oc1ccc(CCCCCc2ccc(O)cc2)cc1.Oc1ccc(CCCCc2ccc(O)cc2)cc1.Oc1ccc(CCCc2ccc(O)cc2)cc1. The average molecular weight is 1790 g/mol. The molecule has 0 radical (unpaired) electrons. The number of hydrogen-bond acceptors (Lipinski definition) is 14. The molecule has 0 bridgehead atoms. The molecular formula is C119H134O14. The predicted octanol–water partition coefficient (Wildman–Crippen LogP) is 27.7. The molecule has 0 saturated heterocycles. The highest BCUT2D eigenvalue weighted by Gasteiger charge is 2.05. The van der Waals surface area contributed by atoms with Crippen LogP contribution in [-0.4, -0.2) is 71.5 Å². The van der Waals surface area contributed by atoms with Gasteiger partial charge in [0.15, 0.2) is 0 Å². The molecule has 0 amide bonds. The average Bonchev–Trinajstić information content (AvgIpc) is 0.906. The fraction of sp³-hybridized carbons (Fsp3) is 0.244. The molecule has 694 valence electrons. The van der Waals surface area contributed by atoms with Crippen LogP contribution in [0.3, 0.4) is 0 Å². The zero-order valence-corrected chi connectivity index (χ0v) is 76.6. The summed E-state index contributed by atoms with van der Waals surface area (Å²) in [6, 6.07) is 103.